The Hall–Kier alpha value is -1.09. The third-order valence-electron chi connectivity index (χ3n) is 2.45. The lowest BCUT2D eigenvalue weighted by Gasteiger charge is -2.09. The molecule has 0 radical (unpaired) electrons. The van der Waals surface area contributed by atoms with Crippen molar-refractivity contribution < 1.29 is 9.53 Å². The summed E-state index contributed by atoms with van der Waals surface area (Å²) >= 11 is 2.21. The highest BCUT2D eigenvalue weighted by Gasteiger charge is 2.13. The Morgan fingerprint density at radius 1 is 1.47 bits per heavy atom. The molecule has 1 rings (SSSR count). The second-order valence-electron chi connectivity index (χ2n) is 3.51. The minimum Gasteiger partial charge on any atom is -0.466 e. The maximum Gasteiger partial charge on any atom is 0.310 e. The van der Waals surface area contributed by atoms with E-state index in [9.17, 15) is 10.1 Å². The fourth-order valence-electron chi connectivity index (χ4n) is 1.67. The number of nitriles is 1. The Labute approximate surface area is 115 Å². The van der Waals surface area contributed by atoms with Crippen molar-refractivity contribution in [1.29, 1.82) is 5.26 Å². The number of carbonyl (C=O) groups is 1. The van der Waals surface area contributed by atoms with E-state index in [0.717, 1.165) is 21.1 Å². The van der Waals surface area contributed by atoms with Gasteiger partial charge in [-0.25, -0.2) is 0 Å². The van der Waals surface area contributed by atoms with Crippen molar-refractivity contribution in [3.05, 3.63) is 32.4 Å². The van der Waals surface area contributed by atoms with Crippen LogP contribution in [0.2, 0.25) is 0 Å². The van der Waals surface area contributed by atoms with Crippen LogP contribution in [0.5, 0.6) is 0 Å². The van der Waals surface area contributed by atoms with Crippen molar-refractivity contribution in [2.24, 2.45) is 0 Å². The molecule has 0 amide bonds. The maximum absolute atomic E-state index is 11.4. The molecule has 90 valence electrons. The maximum atomic E-state index is 11.4. The fourth-order valence-corrected chi connectivity index (χ4v) is 2.50. The minimum atomic E-state index is -0.285. The summed E-state index contributed by atoms with van der Waals surface area (Å²) in [7, 11) is 0. The van der Waals surface area contributed by atoms with Gasteiger partial charge in [0, 0.05) is 3.57 Å². The van der Waals surface area contributed by atoms with Gasteiger partial charge in [-0.2, -0.15) is 5.26 Å². The standard InChI is InChI=1S/C13H14INO2/c1-3-10-11(8-15)9(5-6-12(10)14)7-13(16)17-4-2/h5-6H,3-4,7H2,1-2H3. The Balaban J connectivity index is 3.09. The molecule has 0 N–H and O–H groups in total. The van der Waals surface area contributed by atoms with Crippen LogP contribution in [0.1, 0.15) is 30.5 Å². The van der Waals surface area contributed by atoms with Gasteiger partial charge in [0.2, 0.25) is 0 Å². The predicted octanol–water partition coefficient (Wildman–Crippen LogP) is 2.83. The molecule has 0 fully saturated rings. The first-order valence-electron chi connectivity index (χ1n) is 5.50. The van der Waals surface area contributed by atoms with Gasteiger partial charge in [-0.3, -0.25) is 4.79 Å². The highest BCUT2D eigenvalue weighted by molar-refractivity contribution is 14.1. The molecular weight excluding hydrogens is 329 g/mol. The number of nitrogens with zero attached hydrogens (tertiary/aromatic N) is 1. The van der Waals surface area contributed by atoms with Crippen LogP contribution < -0.4 is 0 Å². The van der Waals surface area contributed by atoms with Gasteiger partial charge in [0.1, 0.15) is 0 Å². The molecule has 17 heavy (non-hydrogen) atoms. The summed E-state index contributed by atoms with van der Waals surface area (Å²) in [6.45, 7) is 4.15. The van der Waals surface area contributed by atoms with E-state index in [0.29, 0.717) is 12.2 Å². The Morgan fingerprint density at radius 3 is 2.71 bits per heavy atom. The first-order chi connectivity index (χ1) is 8.13. The summed E-state index contributed by atoms with van der Waals surface area (Å²) in [5.41, 5.74) is 2.38. The number of hydrogen-bond donors (Lipinski definition) is 0. The first kappa shape index (κ1) is 14.0. The van der Waals surface area contributed by atoms with E-state index in [-0.39, 0.29) is 12.4 Å². The van der Waals surface area contributed by atoms with Crippen molar-refractivity contribution >= 4 is 28.6 Å². The molecule has 0 aliphatic heterocycles. The monoisotopic (exact) mass is 343 g/mol. The van der Waals surface area contributed by atoms with Crippen LogP contribution in [-0.4, -0.2) is 12.6 Å². The van der Waals surface area contributed by atoms with Crippen LogP contribution in [0.15, 0.2) is 12.1 Å². The summed E-state index contributed by atoms with van der Waals surface area (Å²) in [5, 5.41) is 9.19. The normalized spacial score (nSPS) is 9.76. The molecular formula is C13H14INO2. The predicted molar refractivity (Wildman–Crippen MR) is 73.6 cm³/mol. The molecule has 3 nitrogen and oxygen atoms in total. The van der Waals surface area contributed by atoms with Gasteiger partial charge in [0.25, 0.3) is 0 Å². The SMILES string of the molecule is CCOC(=O)Cc1ccc(I)c(CC)c1C#N. The average Bonchev–Trinajstić information content (AvgIpc) is 2.31. The van der Waals surface area contributed by atoms with Gasteiger partial charge in [-0.15, -0.1) is 0 Å². The number of ether oxygens (including phenoxy) is 1. The fraction of sp³-hybridized carbons (Fsp3) is 0.385. The van der Waals surface area contributed by atoms with E-state index in [1.54, 1.807) is 6.92 Å². The highest BCUT2D eigenvalue weighted by atomic mass is 127. The van der Waals surface area contributed by atoms with Crippen LogP contribution in [-0.2, 0) is 22.4 Å². The lowest BCUT2D eigenvalue weighted by atomic mass is 9.98. The number of halogens is 1. The van der Waals surface area contributed by atoms with Crippen molar-refractivity contribution in [2.75, 3.05) is 6.61 Å². The largest absolute Gasteiger partial charge is 0.466 e. The van der Waals surface area contributed by atoms with Crippen LogP contribution in [0, 0.1) is 14.9 Å². The summed E-state index contributed by atoms with van der Waals surface area (Å²) in [4.78, 5) is 11.4. The van der Waals surface area contributed by atoms with Crippen LogP contribution in [0.25, 0.3) is 0 Å². The van der Waals surface area contributed by atoms with E-state index < -0.39 is 0 Å². The smallest absolute Gasteiger partial charge is 0.310 e. The zero-order chi connectivity index (χ0) is 12.8. The molecule has 0 saturated heterocycles. The third kappa shape index (κ3) is 3.43. The Kier molecular flexibility index (Phi) is 5.42. The Morgan fingerprint density at radius 2 is 2.18 bits per heavy atom. The summed E-state index contributed by atoms with van der Waals surface area (Å²) in [6.07, 6.45) is 0.957. The van der Waals surface area contributed by atoms with Crippen LogP contribution in [0.3, 0.4) is 0 Å². The van der Waals surface area contributed by atoms with Crippen LogP contribution >= 0.6 is 22.6 Å². The molecule has 4 heteroatoms. The van der Waals surface area contributed by atoms with Gasteiger partial charge in [-0.1, -0.05) is 13.0 Å². The molecule has 0 aromatic heterocycles. The molecule has 0 unspecified atom stereocenters. The zero-order valence-corrected chi connectivity index (χ0v) is 12.1. The van der Waals surface area contributed by atoms with E-state index >= 15 is 0 Å². The van der Waals surface area contributed by atoms with Crippen LogP contribution in [0.4, 0.5) is 0 Å². The average molecular weight is 343 g/mol. The molecule has 0 spiro atoms. The van der Waals surface area contributed by atoms with Crippen molar-refractivity contribution in [3.8, 4) is 6.07 Å². The zero-order valence-electron chi connectivity index (χ0n) is 9.92. The molecule has 0 atom stereocenters. The van der Waals surface area contributed by atoms with Gasteiger partial charge < -0.3 is 4.74 Å². The van der Waals surface area contributed by atoms with E-state index in [4.69, 9.17) is 4.74 Å². The van der Waals surface area contributed by atoms with Gasteiger partial charge >= 0.3 is 5.97 Å². The van der Waals surface area contributed by atoms with Crippen molar-refractivity contribution in [2.45, 2.75) is 26.7 Å². The summed E-state index contributed by atoms with van der Waals surface area (Å²) < 4.78 is 5.96. The van der Waals surface area contributed by atoms with E-state index in [1.807, 2.05) is 19.1 Å². The topological polar surface area (TPSA) is 50.1 Å². The molecule has 0 aliphatic rings. The summed E-state index contributed by atoms with van der Waals surface area (Å²) in [6, 6.07) is 5.96. The van der Waals surface area contributed by atoms with Gasteiger partial charge in [0.05, 0.1) is 24.7 Å². The van der Waals surface area contributed by atoms with Crippen molar-refractivity contribution in [3.63, 3.8) is 0 Å². The number of rotatable bonds is 4. The number of benzene rings is 1. The molecule has 0 heterocycles. The molecule has 0 aliphatic carbocycles. The van der Waals surface area contributed by atoms with Crippen molar-refractivity contribution in [1.82, 2.24) is 0 Å². The Bertz CT molecular complexity index is 463. The molecule has 0 saturated carbocycles. The minimum absolute atomic E-state index is 0.167. The molecule has 1 aromatic carbocycles. The highest BCUT2D eigenvalue weighted by Crippen LogP contribution is 2.21. The van der Waals surface area contributed by atoms with E-state index in [2.05, 4.69) is 28.7 Å². The first-order valence-corrected chi connectivity index (χ1v) is 6.57. The summed E-state index contributed by atoms with van der Waals surface area (Å²) in [5.74, 6) is -0.285. The number of carbonyl (C=O) groups excluding carboxylic acids is 1. The number of hydrogen-bond acceptors (Lipinski definition) is 3. The lowest BCUT2D eigenvalue weighted by molar-refractivity contribution is -0.142. The quantitative estimate of drug-likeness (QED) is 0.624. The second-order valence-corrected chi connectivity index (χ2v) is 4.67. The molecule has 0 bridgehead atoms. The van der Waals surface area contributed by atoms with Gasteiger partial charge in [-0.05, 0) is 53.1 Å². The third-order valence-corrected chi connectivity index (χ3v) is 3.46. The van der Waals surface area contributed by atoms with Gasteiger partial charge in [0.15, 0.2) is 0 Å². The lowest BCUT2D eigenvalue weighted by Crippen LogP contribution is -2.10. The second kappa shape index (κ2) is 6.60. The number of esters is 1. The van der Waals surface area contributed by atoms with E-state index in [1.165, 1.54) is 0 Å². The molecule has 1 aromatic rings.